The molecule has 2 saturated heterocycles. The first-order valence-corrected chi connectivity index (χ1v) is 13.3. The summed E-state index contributed by atoms with van der Waals surface area (Å²) in [5, 5.41) is 0. The molecule has 0 N–H and O–H groups in total. The zero-order chi connectivity index (χ0) is 20.9. The summed E-state index contributed by atoms with van der Waals surface area (Å²) in [6.45, 7) is 15.2. The first-order valence-electron chi connectivity index (χ1n) is 13.3. The van der Waals surface area contributed by atoms with Gasteiger partial charge in [-0.1, -0.05) is 46.3 Å². The molecule has 0 bridgehead atoms. The van der Waals surface area contributed by atoms with Crippen LogP contribution in [0.4, 0.5) is 0 Å². The van der Waals surface area contributed by atoms with Crippen LogP contribution in [0.3, 0.4) is 0 Å². The van der Waals surface area contributed by atoms with Gasteiger partial charge in [-0.2, -0.15) is 0 Å². The largest absolute Gasteiger partial charge is 0.346 e. The van der Waals surface area contributed by atoms with Crippen molar-refractivity contribution in [2.45, 2.75) is 104 Å². The van der Waals surface area contributed by atoms with Crippen molar-refractivity contribution in [1.29, 1.82) is 0 Å². The van der Waals surface area contributed by atoms with Gasteiger partial charge < -0.3 is 9.47 Å². The fourth-order valence-electron chi connectivity index (χ4n) is 10.3. The molecule has 6 rings (SSSR count). The Morgan fingerprint density at radius 3 is 2.47 bits per heavy atom. The maximum atomic E-state index is 6.89. The smallest absolute Gasteiger partial charge is 0.172 e. The Balaban J connectivity index is 1.26. The number of hydrogen-bond acceptors (Lipinski definition) is 2. The van der Waals surface area contributed by atoms with E-state index in [-0.39, 0.29) is 5.79 Å². The molecule has 1 spiro atoms. The third kappa shape index (κ3) is 2.56. The van der Waals surface area contributed by atoms with Crippen LogP contribution in [0.1, 0.15) is 91.9 Å². The third-order valence-corrected chi connectivity index (χ3v) is 11.9. The summed E-state index contributed by atoms with van der Waals surface area (Å²) in [6.07, 6.45) is 14.2. The lowest BCUT2D eigenvalue weighted by Gasteiger charge is -2.61. The van der Waals surface area contributed by atoms with Crippen LogP contribution in [-0.4, -0.2) is 18.5 Å². The molecule has 0 aromatic rings. The Hall–Kier alpha value is -0.340. The zero-order valence-electron chi connectivity index (χ0n) is 19.9. The van der Waals surface area contributed by atoms with Crippen LogP contribution in [-0.2, 0) is 9.47 Å². The Morgan fingerprint density at radius 2 is 1.70 bits per heavy atom. The fourth-order valence-corrected chi connectivity index (χ4v) is 10.3. The second kappa shape index (κ2) is 6.60. The molecule has 0 radical (unpaired) electrons. The van der Waals surface area contributed by atoms with Crippen LogP contribution in [0.25, 0.3) is 0 Å². The maximum Gasteiger partial charge on any atom is 0.172 e. The monoisotopic (exact) mass is 412 g/mol. The van der Waals surface area contributed by atoms with Crippen molar-refractivity contribution < 1.29 is 9.47 Å². The Bertz CT molecular complexity index is 718. The van der Waals surface area contributed by atoms with Crippen LogP contribution < -0.4 is 0 Å². The highest BCUT2D eigenvalue weighted by Gasteiger charge is 2.69. The summed E-state index contributed by atoms with van der Waals surface area (Å²) in [4.78, 5) is 0. The normalized spacial score (nSPS) is 60.1. The number of ether oxygens (including phenoxy) is 2. The van der Waals surface area contributed by atoms with E-state index >= 15 is 0 Å². The second-order valence-corrected chi connectivity index (χ2v) is 13.1. The minimum absolute atomic E-state index is 0.315. The lowest BCUT2D eigenvalue weighted by atomic mass is 9.44. The lowest BCUT2D eigenvalue weighted by Crippen LogP contribution is -2.54. The predicted molar refractivity (Wildman–Crippen MR) is 121 cm³/mol. The highest BCUT2D eigenvalue weighted by molar-refractivity contribution is 5.16. The summed E-state index contributed by atoms with van der Waals surface area (Å²) in [5.74, 6) is 5.64. The van der Waals surface area contributed by atoms with E-state index in [0.29, 0.717) is 35.4 Å². The standard InChI is InChI=1S/C28H44O2/c1-17-8-11-26(4)20(14-17)6-7-21-22(26)10-12-27(5)23(21)15-24-25(27)19(3)28(30-24)13-9-18(2)16-29-28/h17,19-25H,2,6-16H2,1,3-5H3. The molecule has 2 heterocycles. The number of hydrogen-bond donors (Lipinski definition) is 0. The van der Waals surface area contributed by atoms with Crippen LogP contribution >= 0.6 is 0 Å². The molecular weight excluding hydrogens is 368 g/mol. The van der Waals surface area contributed by atoms with Gasteiger partial charge in [0.25, 0.3) is 0 Å². The van der Waals surface area contributed by atoms with Gasteiger partial charge in [0, 0.05) is 12.3 Å². The van der Waals surface area contributed by atoms with Gasteiger partial charge in [-0.05, 0) is 97.7 Å². The van der Waals surface area contributed by atoms with Crippen molar-refractivity contribution in [2.75, 3.05) is 6.61 Å². The van der Waals surface area contributed by atoms with E-state index in [1.165, 1.54) is 56.9 Å². The molecule has 4 saturated carbocycles. The van der Waals surface area contributed by atoms with Gasteiger partial charge in [-0.3, -0.25) is 0 Å². The van der Waals surface area contributed by atoms with Gasteiger partial charge in [0.1, 0.15) is 0 Å². The summed E-state index contributed by atoms with van der Waals surface area (Å²) in [5.41, 5.74) is 2.32. The first-order chi connectivity index (χ1) is 14.3. The summed E-state index contributed by atoms with van der Waals surface area (Å²) in [7, 11) is 0. The Kier molecular flexibility index (Phi) is 4.46. The molecule has 168 valence electrons. The lowest BCUT2D eigenvalue weighted by molar-refractivity contribution is -0.256. The fraction of sp³-hybridized carbons (Fsp3) is 0.929. The van der Waals surface area contributed by atoms with E-state index in [9.17, 15) is 0 Å². The highest BCUT2D eigenvalue weighted by Crippen LogP contribution is 2.71. The third-order valence-electron chi connectivity index (χ3n) is 11.9. The van der Waals surface area contributed by atoms with Gasteiger partial charge in [-0.25, -0.2) is 0 Å². The topological polar surface area (TPSA) is 18.5 Å². The van der Waals surface area contributed by atoms with E-state index in [0.717, 1.165) is 42.4 Å². The summed E-state index contributed by atoms with van der Waals surface area (Å²) >= 11 is 0. The van der Waals surface area contributed by atoms with Gasteiger partial charge >= 0.3 is 0 Å². The van der Waals surface area contributed by atoms with Crippen molar-refractivity contribution in [3.05, 3.63) is 12.2 Å². The van der Waals surface area contributed by atoms with E-state index in [2.05, 4.69) is 34.3 Å². The molecule has 30 heavy (non-hydrogen) atoms. The van der Waals surface area contributed by atoms with Crippen LogP contribution in [0.2, 0.25) is 0 Å². The molecular formula is C28H44O2. The molecule has 2 heteroatoms. The van der Waals surface area contributed by atoms with Crippen molar-refractivity contribution >= 4 is 0 Å². The average molecular weight is 413 g/mol. The molecule has 0 amide bonds. The van der Waals surface area contributed by atoms with Crippen LogP contribution in [0.5, 0.6) is 0 Å². The number of rotatable bonds is 0. The number of fused-ring (bicyclic) bond motifs is 7. The average Bonchev–Trinajstić information content (AvgIpc) is 3.16. The SMILES string of the molecule is C=C1CCC2(OC1)OC1CC3C4CCC5CC(C)CCC5(C)C4CCC3(C)C1C2C. The molecule has 4 aliphatic carbocycles. The van der Waals surface area contributed by atoms with Crippen LogP contribution in [0.15, 0.2) is 12.2 Å². The molecule has 11 atom stereocenters. The minimum atomic E-state index is -0.315. The van der Waals surface area contributed by atoms with Crippen molar-refractivity contribution in [3.63, 3.8) is 0 Å². The van der Waals surface area contributed by atoms with Gasteiger partial charge in [-0.15, -0.1) is 0 Å². The minimum Gasteiger partial charge on any atom is -0.346 e. The predicted octanol–water partition coefficient (Wildman–Crippen LogP) is 6.99. The molecule has 6 fully saturated rings. The Labute approximate surface area is 184 Å². The second-order valence-electron chi connectivity index (χ2n) is 13.1. The molecule has 2 nitrogen and oxygen atoms in total. The zero-order valence-corrected chi connectivity index (χ0v) is 19.9. The quantitative estimate of drug-likeness (QED) is 0.399. The molecule has 11 unspecified atom stereocenters. The highest BCUT2D eigenvalue weighted by atomic mass is 16.7. The van der Waals surface area contributed by atoms with Gasteiger partial charge in [0.15, 0.2) is 5.79 Å². The van der Waals surface area contributed by atoms with Gasteiger partial charge in [0.2, 0.25) is 0 Å². The van der Waals surface area contributed by atoms with Gasteiger partial charge in [0.05, 0.1) is 12.7 Å². The summed E-state index contributed by atoms with van der Waals surface area (Å²) in [6, 6.07) is 0. The van der Waals surface area contributed by atoms with E-state index < -0.39 is 0 Å². The molecule has 0 aromatic heterocycles. The Morgan fingerprint density at radius 1 is 0.900 bits per heavy atom. The van der Waals surface area contributed by atoms with Crippen molar-refractivity contribution in [3.8, 4) is 0 Å². The van der Waals surface area contributed by atoms with E-state index in [1.807, 2.05) is 0 Å². The molecule has 0 aromatic carbocycles. The maximum absolute atomic E-state index is 6.89. The van der Waals surface area contributed by atoms with E-state index in [1.54, 1.807) is 0 Å². The van der Waals surface area contributed by atoms with Crippen molar-refractivity contribution in [1.82, 2.24) is 0 Å². The van der Waals surface area contributed by atoms with Crippen molar-refractivity contribution in [2.24, 2.45) is 52.3 Å². The molecule has 6 aliphatic rings. The summed E-state index contributed by atoms with van der Waals surface area (Å²) < 4.78 is 13.3. The van der Waals surface area contributed by atoms with Crippen LogP contribution in [0, 0.1) is 52.3 Å². The molecule has 2 aliphatic heterocycles. The first kappa shape index (κ1) is 20.3. The van der Waals surface area contributed by atoms with E-state index in [4.69, 9.17) is 9.47 Å².